The van der Waals surface area contributed by atoms with E-state index in [1.54, 1.807) is 37.3 Å². The Hall–Kier alpha value is -3.10. The Morgan fingerprint density at radius 1 is 1.13 bits per heavy atom. The number of urea groups is 1. The number of imide groups is 1. The predicted molar refractivity (Wildman–Crippen MR) is 103 cm³/mol. The minimum atomic E-state index is -4.43. The molecule has 0 saturated carbocycles. The molecule has 1 N–H and O–H groups in total. The van der Waals surface area contributed by atoms with Crippen LogP contribution in [0.1, 0.15) is 40.7 Å². The molecule has 1 aliphatic heterocycles. The standard InChI is InChI=1S/C21H22F3N3O3/c1-4-20(15-8-6-5-7-9-15)18(29)26(19(30)25-20)11-17(28)16-10-13(2)27(14(16)3)12-21(22,23)24/h5-10H,4,11-12H2,1-3H3,(H,25,30). The molecule has 30 heavy (non-hydrogen) atoms. The Bertz CT molecular complexity index is 998. The van der Waals surface area contributed by atoms with E-state index in [1.807, 2.05) is 0 Å². The number of aromatic nitrogens is 1. The first-order chi connectivity index (χ1) is 14.0. The highest BCUT2D eigenvalue weighted by atomic mass is 19.4. The molecule has 1 saturated heterocycles. The number of nitrogens with one attached hydrogen (secondary N) is 1. The lowest BCUT2D eigenvalue weighted by atomic mass is 9.87. The average molecular weight is 421 g/mol. The number of aryl methyl sites for hydroxylation is 1. The smallest absolute Gasteiger partial charge is 0.339 e. The quantitative estimate of drug-likeness (QED) is 0.571. The van der Waals surface area contributed by atoms with Crippen molar-refractivity contribution in [3.63, 3.8) is 0 Å². The topological polar surface area (TPSA) is 71.4 Å². The minimum Gasteiger partial charge on any atom is -0.339 e. The maximum Gasteiger partial charge on any atom is 0.406 e. The van der Waals surface area contributed by atoms with Crippen LogP contribution in [0.25, 0.3) is 0 Å². The number of rotatable bonds is 6. The summed E-state index contributed by atoms with van der Waals surface area (Å²) < 4.78 is 39.4. The van der Waals surface area contributed by atoms with Crippen molar-refractivity contribution >= 4 is 17.7 Å². The van der Waals surface area contributed by atoms with Crippen LogP contribution in [0.3, 0.4) is 0 Å². The monoisotopic (exact) mass is 421 g/mol. The lowest BCUT2D eigenvalue weighted by Gasteiger charge is -2.25. The van der Waals surface area contributed by atoms with Crippen LogP contribution in [0, 0.1) is 13.8 Å². The number of carbonyl (C=O) groups is 3. The summed E-state index contributed by atoms with van der Waals surface area (Å²) in [5.41, 5.74) is -0.189. The Balaban J connectivity index is 1.87. The van der Waals surface area contributed by atoms with Crippen molar-refractivity contribution in [2.24, 2.45) is 0 Å². The van der Waals surface area contributed by atoms with Gasteiger partial charge in [0.05, 0.1) is 6.54 Å². The van der Waals surface area contributed by atoms with Crippen LogP contribution in [0.5, 0.6) is 0 Å². The van der Waals surface area contributed by atoms with Crippen molar-refractivity contribution in [3.05, 3.63) is 58.9 Å². The molecule has 1 unspecified atom stereocenters. The molecule has 0 spiro atoms. The first kappa shape index (κ1) is 21.6. The maximum absolute atomic E-state index is 13.1. The maximum atomic E-state index is 13.1. The molecule has 2 heterocycles. The van der Waals surface area contributed by atoms with Crippen LogP contribution in [0.2, 0.25) is 0 Å². The van der Waals surface area contributed by atoms with Gasteiger partial charge in [0.25, 0.3) is 5.91 Å². The number of alkyl halides is 3. The highest BCUT2D eigenvalue weighted by molar-refractivity contribution is 6.11. The van der Waals surface area contributed by atoms with Gasteiger partial charge in [0.15, 0.2) is 5.78 Å². The second kappa shape index (κ2) is 7.62. The summed E-state index contributed by atoms with van der Waals surface area (Å²) in [6, 6.07) is 9.36. The van der Waals surface area contributed by atoms with Gasteiger partial charge >= 0.3 is 12.2 Å². The van der Waals surface area contributed by atoms with Crippen molar-refractivity contribution in [1.29, 1.82) is 0 Å². The average Bonchev–Trinajstić information content (AvgIpc) is 3.10. The molecular weight excluding hydrogens is 399 g/mol. The third kappa shape index (κ3) is 3.71. The third-order valence-electron chi connectivity index (χ3n) is 5.49. The molecule has 3 amide bonds. The van der Waals surface area contributed by atoms with Crippen molar-refractivity contribution in [1.82, 2.24) is 14.8 Å². The van der Waals surface area contributed by atoms with Crippen LogP contribution in [-0.4, -0.2) is 39.9 Å². The molecular formula is C21H22F3N3O3. The fourth-order valence-corrected chi connectivity index (χ4v) is 3.87. The highest BCUT2D eigenvalue weighted by Gasteiger charge is 2.51. The lowest BCUT2D eigenvalue weighted by molar-refractivity contribution is -0.141. The highest BCUT2D eigenvalue weighted by Crippen LogP contribution is 2.32. The van der Waals surface area contributed by atoms with E-state index in [-0.39, 0.29) is 23.4 Å². The predicted octanol–water partition coefficient (Wildman–Crippen LogP) is 3.71. The van der Waals surface area contributed by atoms with Gasteiger partial charge in [-0.15, -0.1) is 0 Å². The van der Waals surface area contributed by atoms with E-state index in [0.717, 1.165) is 9.47 Å². The SMILES string of the molecule is CCC1(c2ccccc2)NC(=O)N(CC(=O)c2cc(C)n(CC(F)(F)F)c2C)C1=O. The second-order valence-corrected chi connectivity index (χ2v) is 7.36. The number of hydrogen-bond donors (Lipinski definition) is 1. The number of ketones is 1. The Labute approximate surface area is 171 Å². The Morgan fingerprint density at radius 3 is 2.33 bits per heavy atom. The summed E-state index contributed by atoms with van der Waals surface area (Å²) in [5.74, 6) is -1.15. The van der Waals surface area contributed by atoms with Crippen LogP contribution in [0.15, 0.2) is 36.4 Å². The van der Waals surface area contributed by atoms with Crippen LogP contribution < -0.4 is 5.32 Å². The zero-order valence-electron chi connectivity index (χ0n) is 16.8. The summed E-state index contributed by atoms with van der Waals surface area (Å²) in [6.07, 6.45) is -4.15. The molecule has 3 rings (SSSR count). The fourth-order valence-electron chi connectivity index (χ4n) is 3.87. The molecule has 160 valence electrons. The molecule has 1 atom stereocenters. The van der Waals surface area contributed by atoms with E-state index in [4.69, 9.17) is 0 Å². The van der Waals surface area contributed by atoms with Gasteiger partial charge in [0.2, 0.25) is 0 Å². The van der Waals surface area contributed by atoms with Crippen LogP contribution in [-0.2, 0) is 16.9 Å². The summed E-state index contributed by atoms with van der Waals surface area (Å²) in [6.45, 7) is 2.88. The summed E-state index contributed by atoms with van der Waals surface area (Å²) >= 11 is 0. The number of benzene rings is 1. The summed E-state index contributed by atoms with van der Waals surface area (Å²) in [5, 5.41) is 2.68. The number of hydrogen-bond acceptors (Lipinski definition) is 3. The van der Waals surface area contributed by atoms with Gasteiger partial charge in [-0.1, -0.05) is 37.3 Å². The van der Waals surface area contributed by atoms with E-state index < -0.39 is 42.5 Å². The second-order valence-electron chi connectivity index (χ2n) is 7.36. The molecule has 1 aromatic heterocycles. The zero-order valence-corrected chi connectivity index (χ0v) is 16.8. The number of amides is 3. The van der Waals surface area contributed by atoms with E-state index in [1.165, 1.54) is 19.9 Å². The summed E-state index contributed by atoms with van der Waals surface area (Å²) in [7, 11) is 0. The van der Waals surface area contributed by atoms with Gasteiger partial charge in [-0.3, -0.25) is 14.5 Å². The third-order valence-corrected chi connectivity index (χ3v) is 5.49. The van der Waals surface area contributed by atoms with Gasteiger partial charge in [-0.2, -0.15) is 13.2 Å². The van der Waals surface area contributed by atoms with Crippen molar-refractivity contribution in [2.75, 3.05) is 6.54 Å². The number of halogens is 3. The van der Waals surface area contributed by atoms with E-state index in [0.29, 0.717) is 5.56 Å². The molecule has 2 aromatic rings. The minimum absolute atomic E-state index is 0.0612. The van der Waals surface area contributed by atoms with Crippen LogP contribution in [0.4, 0.5) is 18.0 Å². The molecule has 1 aliphatic rings. The van der Waals surface area contributed by atoms with Crippen molar-refractivity contribution in [3.8, 4) is 0 Å². The van der Waals surface area contributed by atoms with Gasteiger partial charge in [0, 0.05) is 17.0 Å². The molecule has 0 radical (unpaired) electrons. The van der Waals surface area contributed by atoms with Gasteiger partial charge in [0.1, 0.15) is 12.1 Å². The molecule has 0 aliphatic carbocycles. The number of nitrogens with zero attached hydrogens (tertiary/aromatic N) is 2. The number of Topliss-reactive ketones (excluding diaryl/α,β-unsaturated/α-hetero) is 1. The first-order valence-electron chi connectivity index (χ1n) is 9.46. The van der Waals surface area contributed by atoms with E-state index >= 15 is 0 Å². The van der Waals surface area contributed by atoms with E-state index in [9.17, 15) is 27.6 Å². The molecule has 9 heteroatoms. The van der Waals surface area contributed by atoms with Crippen molar-refractivity contribution in [2.45, 2.75) is 45.5 Å². The van der Waals surface area contributed by atoms with Gasteiger partial charge in [-0.05, 0) is 31.9 Å². The largest absolute Gasteiger partial charge is 0.406 e. The first-order valence-corrected chi connectivity index (χ1v) is 9.46. The molecule has 1 aromatic carbocycles. The van der Waals surface area contributed by atoms with Gasteiger partial charge < -0.3 is 9.88 Å². The number of carbonyl (C=O) groups excluding carboxylic acids is 3. The fraction of sp³-hybridized carbons (Fsp3) is 0.381. The molecule has 6 nitrogen and oxygen atoms in total. The molecule has 0 bridgehead atoms. The van der Waals surface area contributed by atoms with Gasteiger partial charge in [-0.25, -0.2) is 4.79 Å². The van der Waals surface area contributed by atoms with E-state index in [2.05, 4.69) is 5.32 Å². The normalized spacial score (nSPS) is 19.3. The van der Waals surface area contributed by atoms with Crippen LogP contribution >= 0.6 is 0 Å². The Morgan fingerprint density at radius 2 is 1.77 bits per heavy atom. The van der Waals surface area contributed by atoms with Crippen molar-refractivity contribution < 1.29 is 27.6 Å². The zero-order chi connectivity index (χ0) is 22.3. The lowest BCUT2D eigenvalue weighted by Crippen LogP contribution is -2.43. The Kier molecular flexibility index (Phi) is 5.49. The molecule has 1 fully saturated rings. The summed E-state index contributed by atoms with van der Waals surface area (Å²) in [4.78, 5) is 39.3.